The van der Waals surface area contributed by atoms with E-state index in [0.29, 0.717) is 6.42 Å². The van der Waals surface area contributed by atoms with Crippen molar-refractivity contribution < 1.29 is 9.90 Å². The first-order valence-corrected chi connectivity index (χ1v) is 10.5. The van der Waals surface area contributed by atoms with Crippen LogP contribution in [0.2, 0.25) is 0 Å². The fraction of sp³-hybridized carbons (Fsp3) is 0.783. The monoisotopic (exact) mass is 350 g/mol. The summed E-state index contributed by atoms with van der Waals surface area (Å²) in [6.45, 7) is 8.40. The zero-order chi connectivity index (χ0) is 18.9. The molecular weight excluding hydrogens is 308 g/mol. The number of aliphatic carboxylic acids is 1. The topological polar surface area (TPSA) is 37.3 Å². The number of carboxylic acids is 1. The van der Waals surface area contributed by atoms with E-state index >= 15 is 0 Å². The molecule has 0 amide bonds. The van der Waals surface area contributed by atoms with E-state index in [-0.39, 0.29) is 5.92 Å². The lowest BCUT2D eigenvalue weighted by Gasteiger charge is -2.05. The smallest absolute Gasteiger partial charge is 0.306 e. The molecule has 0 saturated heterocycles. The van der Waals surface area contributed by atoms with E-state index in [1.165, 1.54) is 75.4 Å². The summed E-state index contributed by atoms with van der Waals surface area (Å²) in [5.74, 6) is -0.980. The Morgan fingerprint density at radius 1 is 0.840 bits per heavy atom. The third kappa shape index (κ3) is 16.2. The predicted octanol–water partition coefficient (Wildman–Crippen LogP) is 7.69. The van der Waals surface area contributed by atoms with E-state index in [2.05, 4.69) is 32.9 Å². The minimum Gasteiger partial charge on any atom is -0.481 e. The van der Waals surface area contributed by atoms with Gasteiger partial charge in [-0.25, -0.2) is 0 Å². The van der Waals surface area contributed by atoms with Crippen LogP contribution in [0.25, 0.3) is 0 Å². The maximum absolute atomic E-state index is 10.8. The average molecular weight is 351 g/mol. The van der Waals surface area contributed by atoms with Gasteiger partial charge >= 0.3 is 5.97 Å². The molecule has 0 heterocycles. The van der Waals surface area contributed by atoms with Gasteiger partial charge in [0, 0.05) is 0 Å². The SMILES string of the molecule is CCCCCCCCCCC=C(C)CCC/C(C)=C\CC(C)C(=O)O. The lowest BCUT2D eigenvalue weighted by Crippen LogP contribution is -2.07. The Balaban J connectivity index is 3.64. The van der Waals surface area contributed by atoms with Crippen LogP contribution in [-0.4, -0.2) is 11.1 Å². The number of carbonyl (C=O) groups is 1. The van der Waals surface area contributed by atoms with Crippen molar-refractivity contribution in [2.75, 3.05) is 0 Å². The molecule has 2 heteroatoms. The Morgan fingerprint density at radius 2 is 1.36 bits per heavy atom. The van der Waals surface area contributed by atoms with Crippen LogP contribution in [0.3, 0.4) is 0 Å². The molecule has 146 valence electrons. The van der Waals surface area contributed by atoms with E-state index in [1.54, 1.807) is 6.92 Å². The molecule has 0 fully saturated rings. The minimum absolute atomic E-state index is 0.275. The molecule has 0 aromatic rings. The summed E-state index contributed by atoms with van der Waals surface area (Å²) >= 11 is 0. The van der Waals surface area contributed by atoms with Gasteiger partial charge in [-0.05, 0) is 52.4 Å². The second-order valence-electron chi connectivity index (χ2n) is 7.69. The Morgan fingerprint density at radius 3 is 1.92 bits per heavy atom. The van der Waals surface area contributed by atoms with Gasteiger partial charge in [0.1, 0.15) is 0 Å². The normalized spacial score (nSPS) is 13.9. The zero-order valence-corrected chi connectivity index (χ0v) is 17.3. The molecule has 0 rings (SSSR count). The summed E-state index contributed by atoms with van der Waals surface area (Å²) in [5.41, 5.74) is 2.83. The van der Waals surface area contributed by atoms with Crippen molar-refractivity contribution in [1.29, 1.82) is 0 Å². The first-order chi connectivity index (χ1) is 12.0. The van der Waals surface area contributed by atoms with E-state index in [0.717, 1.165) is 12.8 Å². The highest BCUT2D eigenvalue weighted by molar-refractivity contribution is 5.69. The Hall–Kier alpha value is -1.05. The average Bonchev–Trinajstić information content (AvgIpc) is 2.58. The van der Waals surface area contributed by atoms with Gasteiger partial charge in [-0.3, -0.25) is 4.79 Å². The lowest BCUT2D eigenvalue weighted by atomic mass is 10.0. The fourth-order valence-corrected chi connectivity index (χ4v) is 2.96. The third-order valence-corrected chi connectivity index (χ3v) is 4.93. The summed E-state index contributed by atoms with van der Waals surface area (Å²) in [6, 6.07) is 0. The molecule has 0 aliphatic heterocycles. The molecule has 0 aromatic carbocycles. The molecule has 0 aliphatic carbocycles. The summed E-state index contributed by atoms with van der Waals surface area (Å²) in [7, 11) is 0. The van der Waals surface area contributed by atoms with Crippen molar-refractivity contribution in [2.45, 2.75) is 111 Å². The molecule has 0 radical (unpaired) electrons. The molecule has 1 unspecified atom stereocenters. The maximum atomic E-state index is 10.8. The number of unbranched alkanes of at least 4 members (excludes halogenated alkanes) is 8. The van der Waals surface area contributed by atoms with Gasteiger partial charge in [0.05, 0.1) is 5.92 Å². The first-order valence-electron chi connectivity index (χ1n) is 10.5. The summed E-state index contributed by atoms with van der Waals surface area (Å²) in [5, 5.41) is 8.89. The molecule has 2 nitrogen and oxygen atoms in total. The number of hydrogen-bond acceptors (Lipinski definition) is 1. The van der Waals surface area contributed by atoms with Crippen LogP contribution in [0, 0.1) is 5.92 Å². The van der Waals surface area contributed by atoms with Gasteiger partial charge in [-0.2, -0.15) is 0 Å². The maximum Gasteiger partial charge on any atom is 0.306 e. The minimum atomic E-state index is -0.705. The molecular formula is C23H42O2. The highest BCUT2D eigenvalue weighted by atomic mass is 16.4. The van der Waals surface area contributed by atoms with Crippen LogP contribution in [0.4, 0.5) is 0 Å². The summed E-state index contributed by atoms with van der Waals surface area (Å²) in [4.78, 5) is 10.8. The van der Waals surface area contributed by atoms with Gasteiger partial charge in [0.25, 0.3) is 0 Å². The number of carboxylic acid groups (broad SMARTS) is 1. The summed E-state index contributed by atoms with van der Waals surface area (Å²) in [6.07, 6.45) is 20.9. The van der Waals surface area contributed by atoms with E-state index in [9.17, 15) is 4.79 Å². The van der Waals surface area contributed by atoms with Crippen LogP contribution in [0.5, 0.6) is 0 Å². The highest BCUT2D eigenvalue weighted by Crippen LogP contribution is 2.16. The van der Waals surface area contributed by atoms with Crippen LogP contribution in [0.1, 0.15) is 111 Å². The molecule has 25 heavy (non-hydrogen) atoms. The van der Waals surface area contributed by atoms with E-state index < -0.39 is 5.97 Å². The van der Waals surface area contributed by atoms with Crippen molar-refractivity contribution in [3.05, 3.63) is 23.3 Å². The number of hydrogen-bond donors (Lipinski definition) is 1. The highest BCUT2D eigenvalue weighted by Gasteiger charge is 2.08. The first kappa shape index (κ1) is 23.9. The molecule has 0 bridgehead atoms. The quantitative estimate of drug-likeness (QED) is 0.229. The molecule has 0 aliphatic rings. The second kappa shape index (κ2) is 16.4. The van der Waals surface area contributed by atoms with Gasteiger partial charge in [-0.15, -0.1) is 0 Å². The molecule has 0 aromatic heterocycles. The second-order valence-corrected chi connectivity index (χ2v) is 7.69. The van der Waals surface area contributed by atoms with Crippen molar-refractivity contribution in [2.24, 2.45) is 5.92 Å². The van der Waals surface area contributed by atoms with Crippen molar-refractivity contribution in [1.82, 2.24) is 0 Å². The van der Waals surface area contributed by atoms with Crippen LogP contribution < -0.4 is 0 Å². The zero-order valence-electron chi connectivity index (χ0n) is 17.3. The summed E-state index contributed by atoms with van der Waals surface area (Å²) < 4.78 is 0. The van der Waals surface area contributed by atoms with Gasteiger partial charge in [-0.1, -0.05) is 82.1 Å². The van der Waals surface area contributed by atoms with Crippen molar-refractivity contribution >= 4 is 5.97 Å². The molecule has 0 saturated carbocycles. The third-order valence-electron chi connectivity index (χ3n) is 4.93. The largest absolute Gasteiger partial charge is 0.481 e. The van der Waals surface area contributed by atoms with Gasteiger partial charge < -0.3 is 5.11 Å². The fourth-order valence-electron chi connectivity index (χ4n) is 2.96. The molecule has 0 spiro atoms. The number of rotatable bonds is 16. The van der Waals surface area contributed by atoms with Crippen molar-refractivity contribution in [3.8, 4) is 0 Å². The molecule has 1 N–H and O–H groups in total. The Kier molecular flexibility index (Phi) is 15.7. The van der Waals surface area contributed by atoms with E-state index in [4.69, 9.17) is 5.11 Å². The Labute approximate surface area is 156 Å². The Bertz CT molecular complexity index is 393. The van der Waals surface area contributed by atoms with Crippen LogP contribution in [0.15, 0.2) is 23.3 Å². The van der Waals surface area contributed by atoms with Gasteiger partial charge in [0.15, 0.2) is 0 Å². The lowest BCUT2D eigenvalue weighted by molar-refractivity contribution is -0.140. The number of allylic oxidation sites excluding steroid dienone is 4. The van der Waals surface area contributed by atoms with Crippen LogP contribution in [-0.2, 0) is 4.79 Å². The standard InChI is InChI=1S/C23H42O2/c1-5-6-7-8-9-10-11-12-13-15-20(2)16-14-17-21(3)18-19-22(4)23(24)25/h15,18,22H,5-14,16-17,19H2,1-4H3,(H,24,25)/b20-15?,21-18-. The van der Waals surface area contributed by atoms with E-state index in [1.807, 2.05) is 0 Å². The molecule has 1 atom stereocenters. The van der Waals surface area contributed by atoms with Gasteiger partial charge in [0.2, 0.25) is 0 Å². The van der Waals surface area contributed by atoms with Crippen LogP contribution >= 0.6 is 0 Å². The predicted molar refractivity (Wildman–Crippen MR) is 110 cm³/mol. The van der Waals surface area contributed by atoms with Crippen molar-refractivity contribution in [3.63, 3.8) is 0 Å².